The van der Waals surface area contributed by atoms with Gasteiger partial charge in [0.05, 0.1) is 11.6 Å². The number of nitriles is 1. The average Bonchev–Trinajstić information content (AvgIpc) is 3.23. The second-order valence-electron chi connectivity index (χ2n) is 7.03. The molecule has 3 aromatic heterocycles. The smallest absolute Gasteiger partial charge is 0.380 e. The molecule has 0 fully saturated rings. The minimum absolute atomic E-state index is 0.00528. The molecule has 4 aromatic rings. The molecule has 35 heavy (non-hydrogen) atoms. The van der Waals surface area contributed by atoms with Gasteiger partial charge in [-0.3, -0.25) is 19.7 Å². The Labute approximate surface area is 196 Å². The molecule has 0 radical (unpaired) electrons. The number of rotatable bonds is 4. The molecule has 0 spiro atoms. The highest BCUT2D eigenvalue weighted by molar-refractivity contribution is 6.04. The Kier molecular flexibility index (Phi) is 7.35. The first-order valence-corrected chi connectivity index (χ1v) is 9.86. The molecular formula is C22H17F3N8O2. The predicted molar refractivity (Wildman–Crippen MR) is 118 cm³/mol. The molecule has 178 valence electrons. The number of amides is 1. The van der Waals surface area contributed by atoms with Gasteiger partial charge in [-0.1, -0.05) is 12.1 Å². The number of nitrogens with two attached hydrogens (primary N) is 1. The van der Waals surface area contributed by atoms with Gasteiger partial charge in [0.15, 0.2) is 17.3 Å². The third kappa shape index (κ3) is 6.14. The molecule has 0 aliphatic carbocycles. The first-order valence-electron chi connectivity index (χ1n) is 9.86. The minimum atomic E-state index is -4.55. The second-order valence-corrected chi connectivity index (χ2v) is 7.03. The number of nitrogens with zero attached hydrogens (tertiary/aromatic N) is 5. The topological polar surface area (TPSA) is 163 Å². The van der Waals surface area contributed by atoms with Crippen molar-refractivity contribution in [3.8, 4) is 6.07 Å². The van der Waals surface area contributed by atoms with Gasteiger partial charge in [-0.15, -0.1) is 0 Å². The van der Waals surface area contributed by atoms with E-state index in [-0.39, 0.29) is 34.9 Å². The summed E-state index contributed by atoms with van der Waals surface area (Å²) in [5.74, 6) is -0.462. The first-order chi connectivity index (χ1) is 16.6. The molecule has 1 amide bonds. The monoisotopic (exact) mass is 482 g/mol. The zero-order valence-electron chi connectivity index (χ0n) is 18.1. The first kappa shape index (κ1) is 24.8. The lowest BCUT2D eigenvalue weighted by atomic mass is 10.1. The van der Waals surface area contributed by atoms with Crippen LogP contribution in [0.5, 0.6) is 0 Å². The van der Waals surface area contributed by atoms with Gasteiger partial charge >= 0.3 is 6.18 Å². The van der Waals surface area contributed by atoms with Crippen molar-refractivity contribution in [2.24, 2.45) is 0 Å². The van der Waals surface area contributed by atoms with Gasteiger partial charge in [0.2, 0.25) is 0 Å². The number of ketones is 1. The Bertz CT molecular complexity index is 1410. The van der Waals surface area contributed by atoms with Gasteiger partial charge in [-0.25, -0.2) is 9.97 Å². The van der Waals surface area contributed by atoms with Gasteiger partial charge in [0, 0.05) is 18.3 Å². The Balaban J connectivity index is 0.000000261. The van der Waals surface area contributed by atoms with Crippen molar-refractivity contribution in [1.29, 1.82) is 5.26 Å². The number of fused-ring (bicyclic) bond motifs is 1. The van der Waals surface area contributed by atoms with E-state index in [9.17, 15) is 22.8 Å². The standard InChI is InChI=1S/C13H10F3N7O.C9H7NO/c14-13(15,16)7-3-6(1-2-18-7)4-19-12(24)10-8-9(20-5-21-10)11(17)23-22-8;1-7(11)9-4-2-8(6-10)3-5-9/h1-3,5H,4H2,(H,19,24)(H3,17,22,23);2-5H,1H3. The predicted octanol–water partition coefficient (Wildman–Crippen LogP) is 3.04. The number of aromatic amines is 1. The van der Waals surface area contributed by atoms with Gasteiger partial charge < -0.3 is 11.1 Å². The van der Waals surface area contributed by atoms with E-state index < -0.39 is 17.8 Å². The van der Waals surface area contributed by atoms with E-state index in [1.807, 2.05) is 6.07 Å². The number of H-pyrrole nitrogens is 1. The number of hydrogen-bond acceptors (Lipinski definition) is 8. The number of hydrogen-bond donors (Lipinski definition) is 3. The minimum Gasteiger partial charge on any atom is -0.380 e. The van der Waals surface area contributed by atoms with E-state index in [0.29, 0.717) is 16.6 Å². The van der Waals surface area contributed by atoms with E-state index >= 15 is 0 Å². The van der Waals surface area contributed by atoms with Crippen LogP contribution in [0.2, 0.25) is 0 Å². The fourth-order valence-corrected chi connectivity index (χ4v) is 2.81. The third-order valence-electron chi connectivity index (χ3n) is 4.58. The molecule has 10 nitrogen and oxygen atoms in total. The number of nitrogens with one attached hydrogen (secondary N) is 2. The number of benzene rings is 1. The maximum absolute atomic E-state index is 12.6. The van der Waals surface area contributed by atoms with E-state index in [1.54, 1.807) is 24.3 Å². The lowest BCUT2D eigenvalue weighted by molar-refractivity contribution is -0.141. The summed E-state index contributed by atoms with van der Waals surface area (Å²) < 4.78 is 37.9. The molecule has 4 rings (SSSR count). The fraction of sp³-hybridized carbons (Fsp3) is 0.136. The van der Waals surface area contributed by atoms with Crippen molar-refractivity contribution in [1.82, 2.24) is 30.5 Å². The zero-order valence-corrected chi connectivity index (χ0v) is 18.1. The number of alkyl halides is 3. The SMILES string of the molecule is CC(=O)c1ccc(C#N)cc1.Nc1n[nH]c2c(C(=O)NCc3ccnc(C(F)(F)F)c3)ncnc12. The van der Waals surface area contributed by atoms with Crippen molar-refractivity contribution in [3.05, 3.63) is 77.0 Å². The largest absolute Gasteiger partial charge is 0.433 e. The van der Waals surface area contributed by atoms with Crippen molar-refractivity contribution < 1.29 is 22.8 Å². The van der Waals surface area contributed by atoms with E-state index in [0.717, 1.165) is 18.6 Å². The van der Waals surface area contributed by atoms with Crippen LogP contribution in [0, 0.1) is 11.3 Å². The van der Waals surface area contributed by atoms with Gasteiger partial charge in [-0.05, 0) is 36.8 Å². The highest BCUT2D eigenvalue weighted by Gasteiger charge is 2.32. The maximum Gasteiger partial charge on any atom is 0.433 e. The molecule has 1 aromatic carbocycles. The van der Waals surface area contributed by atoms with Crippen molar-refractivity contribution in [2.45, 2.75) is 19.6 Å². The Hall–Kier alpha value is -4.86. The molecule has 0 aliphatic heterocycles. The summed E-state index contributed by atoms with van der Waals surface area (Å²) in [6.45, 7) is 1.38. The number of carbonyl (C=O) groups excluding carboxylic acids is 2. The lowest BCUT2D eigenvalue weighted by Gasteiger charge is -2.08. The van der Waals surface area contributed by atoms with Gasteiger partial charge in [-0.2, -0.15) is 23.5 Å². The fourth-order valence-electron chi connectivity index (χ4n) is 2.81. The van der Waals surface area contributed by atoms with E-state index in [4.69, 9.17) is 11.0 Å². The third-order valence-corrected chi connectivity index (χ3v) is 4.58. The number of carbonyl (C=O) groups is 2. The Morgan fingerprint density at radius 2 is 1.86 bits per heavy atom. The average molecular weight is 482 g/mol. The van der Waals surface area contributed by atoms with Crippen LogP contribution in [-0.2, 0) is 12.7 Å². The number of nitrogen functional groups attached to an aromatic ring is 1. The number of anilines is 1. The molecule has 0 saturated carbocycles. The van der Waals surface area contributed by atoms with Crippen molar-refractivity contribution >= 4 is 28.5 Å². The maximum atomic E-state index is 12.6. The van der Waals surface area contributed by atoms with Crippen LogP contribution in [0.3, 0.4) is 0 Å². The van der Waals surface area contributed by atoms with Crippen LogP contribution in [-0.4, -0.2) is 36.8 Å². The normalized spacial score (nSPS) is 10.7. The summed E-state index contributed by atoms with van der Waals surface area (Å²) in [5.41, 5.74) is 6.57. The van der Waals surface area contributed by atoms with Crippen molar-refractivity contribution in [2.75, 3.05) is 5.73 Å². The number of Topliss-reactive ketones (excluding diaryl/α,β-unsaturated/α-hetero) is 1. The number of pyridine rings is 1. The van der Waals surface area contributed by atoms with Gasteiger partial charge in [0.25, 0.3) is 5.91 Å². The highest BCUT2D eigenvalue weighted by atomic mass is 19.4. The molecular weight excluding hydrogens is 465 g/mol. The summed E-state index contributed by atoms with van der Waals surface area (Å²) in [5, 5.41) is 17.2. The molecule has 4 N–H and O–H groups in total. The number of aromatic nitrogens is 5. The van der Waals surface area contributed by atoms with Crippen LogP contribution in [0.15, 0.2) is 48.9 Å². The zero-order chi connectivity index (χ0) is 25.6. The van der Waals surface area contributed by atoms with Crippen LogP contribution in [0.4, 0.5) is 19.0 Å². The van der Waals surface area contributed by atoms with Crippen LogP contribution in [0.25, 0.3) is 11.0 Å². The molecule has 0 saturated heterocycles. The number of halogens is 3. The van der Waals surface area contributed by atoms with Crippen LogP contribution in [0.1, 0.15) is 44.6 Å². The summed E-state index contributed by atoms with van der Waals surface area (Å²) >= 11 is 0. The molecule has 3 heterocycles. The quantitative estimate of drug-likeness (QED) is 0.374. The second kappa shape index (κ2) is 10.4. The van der Waals surface area contributed by atoms with Crippen LogP contribution < -0.4 is 11.1 Å². The van der Waals surface area contributed by atoms with E-state index in [1.165, 1.54) is 13.0 Å². The summed E-state index contributed by atoms with van der Waals surface area (Å²) in [6.07, 6.45) is -2.37. The highest BCUT2D eigenvalue weighted by Crippen LogP contribution is 2.27. The molecule has 0 aliphatic rings. The Morgan fingerprint density at radius 1 is 1.14 bits per heavy atom. The van der Waals surface area contributed by atoms with E-state index in [2.05, 4.69) is 30.5 Å². The lowest BCUT2D eigenvalue weighted by Crippen LogP contribution is -2.24. The summed E-state index contributed by atoms with van der Waals surface area (Å²) in [7, 11) is 0. The Morgan fingerprint density at radius 3 is 2.49 bits per heavy atom. The summed E-state index contributed by atoms with van der Waals surface area (Å²) in [4.78, 5) is 34.0. The summed E-state index contributed by atoms with van der Waals surface area (Å²) in [6, 6.07) is 10.8. The molecule has 0 bridgehead atoms. The van der Waals surface area contributed by atoms with Crippen molar-refractivity contribution in [3.63, 3.8) is 0 Å². The molecule has 13 heteroatoms. The molecule has 0 atom stereocenters. The van der Waals surface area contributed by atoms with Gasteiger partial charge in [0.1, 0.15) is 23.1 Å². The van der Waals surface area contributed by atoms with Crippen LogP contribution >= 0.6 is 0 Å². The molecule has 0 unspecified atom stereocenters.